The van der Waals surface area contributed by atoms with Gasteiger partial charge in [0.05, 0.1) is 6.61 Å². The van der Waals surface area contributed by atoms with Gasteiger partial charge in [0.15, 0.2) is 0 Å². The Bertz CT molecular complexity index is 402. The van der Waals surface area contributed by atoms with Gasteiger partial charge in [-0.25, -0.2) is 4.98 Å². The minimum absolute atomic E-state index is 0.246. The molecule has 0 spiro atoms. The van der Waals surface area contributed by atoms with Crippen LogP contribution in [-0.2, 0) is 6.54 Å². The molecule has 1 aliphatic heterocycles. The van der Waals surface area contributed by atoms with E-state index >= 15 is 0 Å². The SMILES string of the molecule is CNCc1cnc(N2CCN(CCO)CC2)c(C)c1. The van der Waals surface area contributed by atoms with E-state index in [9.17, 15) is 0 Å². The molecule has 0 radical (unpaired) electrons. The Morgan fingerprint density at radius 2 is 2.05 bits per heavy atom. The first kappa shape index (κ1) is 14.2. The number of nitrogens with zero attached hydrogens (tertiary/aromatic N) is 3. The molecule has 106 valence electrons. The molecule has 0 aliphatic carbocycles. The van der Waals surface area contributed by atoms with E-state index in [0.717, 1.165) is 45.1 Å². The van der Waals surface area contributed by atoms with Gasteiger partial charge < -0.3 is 15.3 Å². The van der Waals surface area contributed by atoms with Crippen LogP contribution in [-0.4, -0.2) is 61.4 Å². The molecule has 1 aromatic rings. The third kappa shape index (κ3) is 3.65. The van der Waals surface area contributed by atoms with E-state index in [1.807, 2.05) is 13.2 Å². The summed E-state index contributed by atoms with van der Waals surface area (Å²) in [5.41, 5.74) is 2.46. The highest BCUT2D eigenvalue weighted by Gasteiger charge is 2.18. The summed E-state index contributed by atoms with van der Waals surface area (Å²) < 4.78 is 0. The molecule has 2 rings (SSSR count). The predicted octanol–water partition coefficient (Wildman–Crippen LogP) is 0.224. The molecule has 0 aromatic carbocycles. The molecule has 0 saturated carbocycles. The molecular weight excluding hydrogens is 240 g/mol. The standard InChI is InChI=1S/C14H24N4O/c1-12-9-13(10-15-2)11-16-14(12)18-5-3-17(4-6-18)7-8-19/h9,11,15,19H,3-8,10H2,1-2H3. The van der Waals surface area contributed by atoms with Gasteiger partial charge in [-0.3, -0.25) is 4.90 Å². The largest absolute Gasteiger partial charge is 0.395 e. The van der Waals surface area contributed by atoms with Gasteiger partial charge in [0.1, 0.15) is 5.82 Å². The average molecular weight is 264 g/mol. The highest BCUT2D eigenvalue weighted by Crippen LogP contribution is 2.19. The van der Waals surface area contributed by atoms with Crippen molar-refractivity contribution in [1.29, 1.82) is 0 Å². The highest BCUT2D eigenvalue weighted by molar-refractivity contribution is 5.47. The van der Waals surface area contributed by atoms with Crippen molar-refractivity contribution in [3.63, 3.8) is 0 Å². The van der Waals surface area contributed by atoms with Gasteiger partial charge in [0.2, 0.25) is 0 Å². The summed E-state index contributed by atoms with van der Waals surface area (Å²) in [4.78, 5) is 9.24. The summed E-state index contributed by atoms with van der Waals surface area (Å²) in [6.07, 6.45) is 1.96. The van der Waals surface area contributed by atoms with Crippen LogP contribution in [0.3, 0.4) is 0 Å². The van der Waals surface area contributed by atoms with Gasteiger partial charge in [-0.2, -0.15) is 0 Å². The second kappa shape index (κ2) is 6.84. The monoisotopic (exact) mass is 264 g/mol. The summed E-state index contributed by atoms with van der Waals surface area (Å²) in [6.45, 7) is 7.98. The number of anilines is 1. The number of rotatable bonds is 5. The van der Waals surface area contributed by atoms with Crippen molar-refractivity contribution in [3.8, 4) is 0 Å². The van der Waals surface area contributed by atoms with E-state index in [-0.39, 0.29) is 6.61 Å². The van der Waals surface area contributed by atoms with Crippen LogP contribution in [0.4, 0.5) is 5.82 Å². The lowest BCUT2D eigenvalue weighted by atomic mass is 10.2. The zero-order valence-corrected chi connectivity index (χ0v) is 11.9. The first-order valence-corrected chi connectivity index (χ1v) is 6.93. The fraction of sp³-hybridized carbons (Fsp3) is 0.643. The van der Waals surface area contributed by atoms with Crippen molar-refractivity contribution in [2.75, 3.05) is 51.3 Å². The number of pyridine rings is 1. The second-order valence-corrected chi connectivity index (χ2v) is 5.07. The number of aromatic nitrogens is 1. The Hall–Kier alpha value is -1.17. The third-order valence-electron chi connectivity index (χ3n) is 3.58. The van der Waals surface area contributed by atoms with Crippen LogP contribution in [0.2, 0.25) is 0 Å². The van der Waals surface area contributed by atoms with Crippen LogP contribution in [0.15, 0.2) is 12.3 Å². The van der Waals surface area contributed by atoms with Crippen molar-refractivity contribution in [3.05, 3.63) is 23.4 Å². The van der Waals surface area contributed by atoms with Gasteiger partial charge in [0.25, 0.3) is 0 Å². The molecule has 1 aliphatic rings. The lowest BCUT2D eigenvalue weighted by Gasteiger charge is -2.35. The Morgan fingerprint density at radius 3 is 2.63 bits per heavy atom. The molecule has 0 amide bonds. The van der Waals surface area contributed by atoms with Gasteiger partial charge >= 0.3 is 0 Å². The summed E-state index contributed by atoms with van der Waals surface area (Å²) in [7, 11) is 1.95. The minimum Gasteiger partial charge on any atom is -0.395 e. The van der Waals surface area contributed by atoms with E-state index < -0.39 is 0 Å². The molecule has 5 nitrogen and oxygen atoms in total. The lowest BCUT2D eigenvalue weighted by molar-refractivity contribution is 0.188. The first-order chi connectivity index (χ1) is 9.24. The molecule has 0 bridgehead atoms. The maximum absolute atomic E-state index is 8.95. The first-order valence-electron chi connectivity index (χ1n) is 6.93. The van der Waals surface area contributed by atoms with Crippen LogP contribution in [0, 0.1) is 6.92 Å². The van der Waals surface area contributed by atoms with E-state index in [1.54, 1.807) is 0 Å². The van der Waals surface area contributed by atoms with E-state index in [2.05, 4.69) is 33.1 Å². The lowest BCUT2D eigenvalue weighted by Crippen LogP contribution is -2.47. The highest BCUT2D eigenvalue weighted by atomic mass is 16.3. The number of aliphatic hydroxyl groups is 1. The molecule has 2 N–H and O–H groups in total. The molecule has 2 heterocycles. The van der Waals surface area contributed by atoms with E-state index in [1.165, 1.54) is 11.1 Å². The summed E-state index contributed by atoms with van der Waals surface area (Å²) in [5.74, 6) is 1.10. The molecule has 1 aromatic heterocycles. The number of aliphatic hydroxyl groups excluding tert-OH is 1. The summed E-state index contributed by atoms with van der Waals surface area (Å²) in [5, 5.41) is 12.1. The number of hydrogen-bond acceptors (Lipinski definition) is 5. The van der Waals surface area contributed by atoms with Gasteiger partial charge in [-0.15, -0.1) is 0 Å². The number of nitrogens with one attached hydrogen (secondary N) is 1. The molecule has 19 heavy (non-hydrogen) atoms. The molecule has 0 atom stereocenters. The van der Waals surface area contributed by atoms with Crippen molar-refractivity contribution in [1.82, 2.24) is 15.2 Å². The van der Waals surface area contributed by atoms with Gasteiger partial charge in [-0.05, 0) is 31.2 Å². The number of hydrogen-bond donors (Lipinski definition) is 2. The van der Waals surface area contributed by atoms with Crippen molar-refractivity contribution in [2.45, 2.75) is 13.5 Å². The Kier molecular flexibility index (Phi) is 5.13. The fourth-order valence-corrected chi connectivity index (χ4v) is 2.58. The normalized spacial score (nSPS) is 16.9. The molecule has 1 fully saturated rings. The van der Waals surface area contributed by atoms with Crippen molar-refractivity contribution in [2.24, 2.45) is 0 Å². The van der Waals surface area contributed by atoms with Gasteiger partial charge in [-0.1, -0.05) is 0 Å². The second-order valence-electron chi connectivity index (χ2n) is 5.07. The van der Waals surface area contributed by atoms with Crippen molar-refractivity contribution < 1.29 is 5.11 Å². The Labute approximate surface area is 115 Å². The van der Waals surface area contributed by atoms with E-state index in [4.69, 9.17) is 5.11 Å². The Balaban J connectivity index is 1.99. The smallest absolute Gasteiger partial charge is 0.131 e. The number of β-amino-alcohol motifs (C(OH)–C–C–N with tert-alkyl or cyclic N) is 1. The summed E-state index contributed by atoms with van der Waals surface area (Å²) >= 11 is 0. The quantitative estimate of drug-likeness (QED) is 0.797. The van der Waals surface area contributed by atoms with Crippen LogP contribution >= 0.6 is 0 Å². The number of piperazine rings is 1. The minimum atomic E-state index is 0.246. The average Bonchev–Trinajstić information content (AvgIpc) is 2.41. The molecule has 0 unspecified atom stereocenters. The van der Waals surface area contributed by atoms with Crippen LogP contribution < -0.4 is 10.2 Å². The maximum Gasteiger partial charge on any atom is 0.131 e. The van der Waals surface area contributed by atoms with Crippen LogP contribution in [0.1, 0.15) is 11.1 Å². The van der Waals surface area contributed by atoms with Crippen LogP contribution in [0.5, 0.6) is 0 Å². The molecular formula is C14H24N4O. The van der Waals surface area contributed by atoms with Gasteiger partial charge in [0, 0.05) is 45.5 Å². The zero-order valence-electron chi connectivity index (χ0n) is 11.9. The van der Waals surface area contributed by atoms with Crippen molar-refractivity contribution >= 4 is 5.82 Å². The molecule has 5 heteroatoms. The third-order valence-corrected chi connectivity index (χ3v) is 3.58. The Morgan fingerprint density at radius 1 is 1.32 bits per heavy atom. The predicted molar refractivity (Wildman–Crippen MR) is 77.5 cm³/mol. The zero-order chi connectivity index (χ0) is 13.7. The van der Waals surface area contributed by atoms with Crippen LogP contribution in [0.25, 0.3) is 0 Å². The topological polar surface area (TPSA) is 51.6 Å². The number of aryl methyl sites for hydroxylation is 1. The molecule has 1 saturated heterocycles. The summed E-state index contributed by atoms with van der Waals surface area (Å²) in [6, 6.07) is 2.21. The maximum atomic E-state index is 8.95. The fourth-order valence-electron chi connectivity index (χ4n) is 2.58. The van der Waals surface area contributed by atoms with E-state index in [0.29, 0.717) is 0 Å².